The average Bonchev–Trinajstić information content (AvgIpc) is 2.83. The van der Waals surface area contributed by atoms with Crippen LogP contribution in [0.4, 0.5) is 0 Å². The fraction of sp³-hybridized carbons (Fsp3) is 0.607. The highest BCUT2D eigenvalue weighted by atomic mass is 16.3. The van der Waals surface area contributed by atoms with Crippen molar-refractivity contribution in [2.45, 2.75) is 44.2 Å². The van der Waals surface area contributed by atoms with E-state index in [4.69, 9.17) is 5.73 Å². The number of carbonyl (C=O) groups excluding carboxylic acids is 5. The molecule has 10 heteroatoms. The number of amides is 1. The molecule has 2 saturated carbocycles. The number of phenols is 1. The Morgan fingerprint density at radius 2 is 1.74 bits per heavy atom. The molecule has 10 nitrogen and oxygen atoms in total. The molecule has 3 unspecified atom stereocenters. The number of fused-ring (bicyclic) bond motifs is 3. The quantitative estimate of drug-likeness (QED) is 0.361. The predicted molar refractivity (Wildman–Crippen MR) is 136 cm³/mol. The first-order valence-electron chi connectivity index (χ1n) is 13.4. The molecule has 1 aromatic rings. The molecule has 4 aliphatic rings. The van der Waals surface area contributed by atoms with Crippen molar-refractivity contribution < 1.29 is 34.2 Å². The zero-order valence-electron chi connectivity index (χ0n) is 21.8. The molecule has 4 N–H and O–H groups in total. The molecule has 0 spiro atoms. The molecule has 3 aliphatic carbocycles. The van der Waals surface area contributed by atoms with Gasteiger partial charge in [0.2, 0.25) is 5.91 Å². The van der Waals surface area contributed by atoms with E-state index in [2.05, 4.69) is 4.90 Å². The van der Waals surface area contributed by atoms with Gasteiger partial charge in [-0.05, 0) is 82.4 Å². The van der Waals surface area contributed by atoms with E-state index in [9.17, 15) is 34.2 Å². The second-order valence-corrected chi connectivity index (χ2v) is 11.6. The molecule has 38 heavy (non-hydrogen) atoms. The Morgan fingerprint density at radius 1 is 1.05 bits per heavy atom. The second-order valence-electron chi connectivity index (χ2n) is 11.6. The van der Waals surface area contributed by atoms with Crippen LogP contribution >= 0.6 is 0 Å². The Kier molecular flexibility index (Phi) is 7.00. The van der Waals surface area contributed by atoms with Gasteiger partial charge in [0.05, 0.1) is 30.0 Å². The van der Waals surface area contributed by atoms with Gasteiger partial charge in [0, 0.05) is 11.6 Å². The van der Waals surface area contributed by atoms with Gasteiger partial charge in [0.1, 0.15) is 11.7 Å². The minimum Gasteiger partial charge on any atom is -0.507 e. The number of Topliss-reactive ketones (excluding diaryl/α,β-unsaturated/α-hetero) is 4. The first kappa shape index (κ1) is 26.6. The monoisotopic (exact) mass is 525 g/mol. The number of nitrogens with two attached hydrogens (primary N) is 1. The maximum atomic E-state index is 13.8. The van der Waals surface area contributed by atoms with Gasteiger partial charge in [-0.1, -0.05) is 6.42 Å². The van der Waals surface area contributed by atoms with Crippen LogP contribution in [0.3, 0.4) is 0 Å². The molecule has 3 fully saturated rings. The van der Waals surface area contributed by atoms with E-state index < -0.39 is 65.0 Å². The van der Waals surface area contributed by atoms with Crippen LogP contribution in [0.5, 0.6) is 5.75 Å². The summed E-state index contributed by atoms with van der Waals surface area (Å²) >= 11 is 0. The van der Waals surface area contributed by atoms with Crippen molar-refractivity contribution in [2.24, 2.45) is 35.3 Å². The molecule has 1 amide bonds. The number of piperidine rings is 1. The molecular formula is C28H35N3O7. The second kappa shape index (κ2) is 9.98. The normalized spacial score (nSPS) is 33.5. The van der Waals surface area contributed by atoms with Crippen molar-refractivity contribution in [1.82, 2.24) is 9.80 Å². The Balaban J connectivity index is 1.52. The van der Waals surface area contributed by atoms with Crippen molar-refractivity contribution in [1.29, 1.82) is 0 Å². The number of aromatic hydroxyl groups is 1. The molecule has 1 saturated heterocycles. The largest absolute Gasteiger partial charge is 0.507 e. The van der Waals surface area contributed by atoms with Crippen molar-refractivity contribution in [2.75, 3.05) is 33.7 Å². The number of aliphatic hydroxyl groups excluding tert-OH is 1. The van der Waals surface area contributed by atoms with E-state index in [1.54, 1.807) is 25.1 Å². The van der Waals surface area contributed by atoms with Crippen LogP contribution in [0.2, 0.25) is 0 Å². The summed E-state index contributed by atoms with van der Waals surface area (Å²) in [6.45, 7) is 1.89. The van der Waals surface area contributed by atoms with Crippen LogP contribution < -0.4 is 5.73 Å². The van der Waals surface area contributed by atoms with E-state index in [1.807, 2.05) is 0 Å². The third-order valence-corrected chi connectivity index (χ3v) is 9.14. The first-order chi connectivity index (χ1) is 18.0. The summed E-state index contributed by atoms with van der Waals surface area (Å²) in [6.07, 6.45) is 2.32. The number of primary amides is 1. The Hall–Kier alpha value is -2.95. The standard InChI is InChI=1S/C28H35N3O7/c1-30(2)23-16-11-13-10-15-14(18(33)12-31-8-4-3-5-9-31)6-7-17(32)20(15)24(34)19(13)25(35)21(16)26(36)22(27(23)37)28(29)38/h6-7,13,16,19,21-23,27,32,37H,3-5,8-12H2,1-2H3,(H2,29,38)/t13-,16+,19?,21+,22?,23-,27?/m1/s1. The molecule has 1 heterocycles. The minimum atomic E-state index is -1.54. The Morgan fingerprint density at radius 3 is 2.37 bits per heavy atom. The number of likely N-dealkylation sites (N-methyl/N-ethyl adjacent to an activating group) is 1. The number of phenolic OH excluding ortho intramolecular Hbond substituents is 1. The van der Waals surface area contributed by atoms with Gasteiger partial charge in [0.25, 0.3) is 0 Å². The van der Waals surface area contributed by atoms with Gasteiger partial charge < -0.3 is 20.8 Å². The van der Waals surface area contributed by atoms with E-state index in [-0.39, 0.29) is 36.5 Å². The maximum absolute atomic E-state index is 13.8. The molecular weight excluding hydrogens is 490 g/mol. The molecule has 1 aliphatic heterocycles. The predicted octanol–water partition coefficient (Wildman–Crippen LogP) is 0.212. The lowest BCUT2D eigenvalue weighted by molar-refractivity contribution is -0.161. The SMILES string of the molecule is CN(C)[C@H]1C(O)C(C(N)=O)C(=O)[C@@H]2C(=O)C3C(=O)c4c(O)ccc(C(=O)CN5CCCCC5)c4C[C@@H]3C[C@@H]21. The fourth-order valence-electron chi connectivity index (χ4n) is 7.51. The summed E-state index contributed by atoms with van der Waals surface area (Å²) in [7, 11) is 3.40. The van der Waals surface area contributed by atoms with Crippen molar-refractivity contribution in [3.63, 3.8) is 0 Å². The molecule has 1 aromatic carbocycles. The number of carbonyl (C=O) groups is 5. The summed E-state index contributed by atoms with van der Waals surface area (Å²) < 4.78 is 0. The van der Waals surface area contributed by atoms with E-state index >= 15 is 0 Å². The van der Waals surface area contributed by atoms with Crippen LogP contribution in [-0.2, 0) is 20.8 Å². The summed E-state index contributed by atoms with van der Waals surface area (Å²) in [5.41, 5.74) is 6.25. The number of hydrogen-bond donors (Lipinski definition) is 3. The fourth-order valence-corrected chi connectivity index (χ4v) is 7.51. The Bertz CT molecular complexity index is 1210. The van der Waals surface area contributed by atoms with Crippen LogP contribution in [0.25, 0.3) is 0 Å². The zero-order chi connectivity index (χ0) is 27.5. The summed E-state index contributed by atoms with van der Waals surface area (Å²) in [6, 6.07) is 2.18. The van der Waals surface area contributed by atoms with E-state index in [1.165, 1.54) is 6.07 Å². The van der Waals surface area contributed by atoms with E-state index in [0.717, 1.165) is 32.4 Å². The molecule has 0 aromatic heterocycles. The smallest absolute Gasteiger partial charge is 0.230 e. The van der Waals surface area contributed by atoms with Gasteiger partial charge in [-0.2, -0.15) is 0 Å². The third-order valence-electron chi connectivity index (χ3n) is 9.14. The van der Waals surface area contributed by atoms with Gasteiger partial charge >= 0.3 is 0 Å². The molecule has 0 radical (unpaired) electrons. The number of benzene rings is 1. The highest BCUT2D eigenvalue weighted by Crippen LogP contribution is 2.50. The topological polar surface area (TPSA) is 158 Å². The zero-order valence-corrected chi connectivity index (χ0v) is 21.8. The van der Waals surface area contributed by atoms with Gasteiger partial charge in [-0.25, -0.2) is 0 Å². The lowest BCUT2D eigenvalue weighted by atomic mass is 9.54. The number of aliphatic hydroxyl groups is 1. The van der Waals surface area contributed by atoms with Crippen molar-refractivity contribution in [3.8, 4) is 5.75 Å². The van der Waals surface area contributed by atoms with Crippen LogP contribution in [0, 0.1) is 29.6 Å². The third kappa shape index (κ3) is 4.19. The maximum Gasteiger partial charge on any atom is 0.230 e. The van der Waals surface area contributed by atoms with Gasteiger partial charge in [0.15, 0.2) is 23.1 Å². The minimum absolute atomic E-state index is 0.0264. The highest BCUT2D eigenvalue weighted by Gasteiger charge is 2.61. The lowest BCUT2D eigenvalue weighted by Gasteiger charge is -2.51. The number of hydrogen-bond acceptors (Lipinski definition) is 9. The summed E-state index contributed by atoms with van der Waals surface area (Å²) in [5, 5.41) is 21.6. The Labute approximate surface area is 221 Å². The van der Waals surface area contributed by atoms with Gasteiger partial charge in [-0.15, -0.1) is 0 Å². The molecule has 7 atom stereocenters. The van der Waals surface area contributed by atoms with E-state index in [0.29, 0.717) is 11.1 Å². The lowest BCUT2D eigenvalue weighted by Crippen LogP contribution is -2.66. The number of ketones is 4. The van der Waals surface area contributed by atoms with Crippen LogP contribution in [0.1, 0.15) is 52.0 Å². The number of nitrogens with zero attached hydrogens (tertiary/aromatic N) is 2. The highest BCUT2D eigenvalue weighted by molar-refractivity contribution is 6.22. The molecule has 0 bridgehead atoms. The molecule has 204 valence electrons. The number of rotatable bonds is 5. The summed E-state index contributed by atoms with van der Waals surface area (Å²) in [4.78, 5) is 70.1. The van der Waals surface area contributed by atoms with Gasteiger partial charge in [-0.3, -0.25) is 28.9 Å². The van der Waals surface area contributed by atoms with Crippen LogP contribution in [-0.4, -0.2) is 94.9 Å². The molecule has 5 rings (SSSR count). The first-order valence-corrected chi connectivity index (χ1v) is 13.4. The van der Waals surface area contributed by atoms with Crippen LogP contribution in [0.15, 0.2) is 12.1 Å². The number of likely N-dealkylation sites (tertiary alicyclic amines) is 1. The average molecular weight is 526 g/mol. The van der Waals surface area contributed by atoms with Crippen molar-refractivity contribution in [3.05, 3.63) is 28.8 Å². The van der Waals surface area contributed by atoms with Crippen molar-refractivity contribution >= 4 is 29.0 Å². The summed E-state index contributed by atoms with van der Waals surface area (Å²) in [5.74, 6) is -8.44.